The van der Waals surface area contributed by atoms with Crippen molar-refractivity contribution in [2.75, 3.05) is 7.11 Å². The first kappa shape index (κ1) is 16.7. The van der Waals surface area contributed by atoms with Crippen LogP contribution in [0.15, 0.2) is 55.0 Å². The maximum Gasteiger partial charge on any atom is 0.270 e. The van der Waals surface area contributed by atoms with Gasteiger partial charge in [-0.2, -0.15) is 0 Å². The number of aromatic nitrogens is 2. The number of imidazole rings is 1. The van der Waals surface area contributed by atoms with E-state index >= 15 is 0 Å². The van der Waals surface area contributed by atoms with Gasteiger partial charge in [-0.05, 0) is 23.3 Å². The third-order valence-corrected chi connectivity index (χ3v) is 3.95. The Labute approximate surface area is 144 Å². The van der Waals surface area contributed by atoms with Crippen molar-refractivity contribution < 1.29 is 14.8 Å². The lowest BCUT2D eigenvalue weighted by molar-refractivity contribution is -0.384. The summed E-state index contributed by atoms with van der Waals surface area (Å²) in [5.74, 6) is 0.636. The number of ether oxygens (including phenoxy) is 1. The molecule has 3 rings (SSSR count). The van der Waals surface area contributed by atoms with E-state index in [2.05, 4.69) is 4.98 Å². The molecular weight excluding hydrogens is 322 g/mol. The molecule has 0 unspecified atom stereocenters. The zero-order valence-electron chi connectivity index (χ0n) is 13.6. The molecule has 0 fully saturated rings. The van der Waals surface area contributed by atoms with Crippen LogP contribution in [-0.4, -0.2) is 26.7 Å². The molecule has 7 nitrogen and oxygen atoms in total. The van der Waals surface area contributed by atoms with E-state index in [0.29, 0.717) is 23.6 Å². The van der Waals surface area contributed by atoms with Gasteiger partial charge in [0.2, 0.25) is 0 Å². The predicted molar refractivity (Wildman–Crippen MR) is 92.3 cm³/mol. The highest BCUT2D eigenvalue weighted by molar-refractivity contribution is 5.73. The van der Waals surface area contributed by atoms with Gasteiger partial charge in [0.05, 0.1) is 36.9 Å². The Morgan fingerprint density at radius 1 is 1.28 bits per heavy atom. The van der Waals surface area contributed by atoms with Crippen molar-refractivity contribution in [2.45, 2.75) is 13.2 Å². The molecule has 128 valence electrons. The van der Waals surface area contributed by atoms with Gasteiger partial charge in [-0.15, -0.1) is 0 Å². The number of rotatable bonds is 6. The highest BCUT2D eigenvalue weighted by atomic mass is 16.6. The Morgan fingerprint density at radius 2 is 2.12 bits per heavy atom. The standard InChI is InChI=1S/C18H17N3O4/c1-25-18-6-5-13(10-20-12-19-9-16(20)11-22)7-17(18)14-3-2-4-15(8-14)21(23)24/h2-9,12,22H,10-11H2,1H3. The molecule has 0 spiro atoms. The number of methoxy groups -OCH3 is 1. The molecule has 0 bridgehead atoms. The zero-order chi connectivity index (χ0) is 17.8. The Bertz CT molecular complexity index is 905. The highest BCUT2D eigenvalue weighted by Gasteiger charge is 2.12. The number of hydrogen-bond donors (Lipinski definition) is 1. The summed E-state index contributed by atoms with van der Waals surface area (Å²) in [6.45, 7) is 0.440. The van der Waals surface area contributed by atoms with Crippen LogP contribution in [0, 0.1) is 10.1 Å². The second-order valence-corrected chi connectivity index (χ2v) is 5.51. The van der Waals surface area contributed by atoms with Crippen molar-refractivity contribution in [2.24, 2.45) is 0 Å². The van der Waals surface area contributed by atoms with Crippen LogP contribution in [0.1, 0.15) is 11.3 Å². The number of nitrogens with zero attached hydrogens (tertiary/aromatic N) is 3. The van der Waals surface area contributed by atoms with Crippen molar-refractivity contribution in [3.05, 3.63) is 76.4 Å². The number of benzene rings is 2. The Morgan fingerprint density at radius 3 is 2.84 bits per heavy atom. The Kier molecular flexibility index (Phi) is 4.76. The second-order valence-electron chi connectivity index (χ2n) is 5.51. The summed E-state index contributed by atoms with van der Waals surface area (Å²) in [5, 5.41) is 20.4. The van der Waals surface area contributed by atoms with E-state index < -0.39 is 4.92 Å². The van der Waals surface area contributed by atoms with Crippen molar-refractivity contribution in [3.63, 3.8) is 0 Å². The monoisotopic (exact) mass is 339 g/mol. The third kappa shape index (κ3) is 3.51. The van der Waals surface area contributed by atoms with Crippen LogP contribution in [0.3, 0.4) is 0 Å². The van der Waals surface area contributed by atoms with Gasteiger partial charge >= 0.3 is 0 Å². The van der Waals surface area contributed by atoms with Crippen molar-refractivity contribution in [1.29, 1.82) is 0 Å². The van der Waals surface area contributed by atoms with Gasteiger partial charge < -0.3 is 14.4 Å². The van der Waals surface area contributed by atoms with Gasteiger partial charge in [-0.3, -0.25) is 10.1 Å². The molecule has 25 heavy (non-hydrogen) atoms. The molecule has 0 aliphatic rings. The highest BCUT2D eigenvalue weighted by Crippen LogP contribution is 2.33. The normalized spacial score (nSPS) is 10.6. The molecule has 0 amide bonds. The van der Waals surface area contributed by atoms with E-state index in [-0.39, 0.29) is 12.3 Å². The van der Waals surface area contributed by atoms with Gasteiger partial charge in [0.15, 0.2) is 0 Å². The minimum Gasteiger partial charge on any atom is -0.496 e. The SMILES string of the molecule is COc1ccc(Cn2cncc2CO)cc1-c1cccc([N+](=O)[O-])c1. The molecule has 0 saturated heterocycles. The summed E-state index contributed by atoms with van der Waals surface area (Å²) >= 11 is 0. The fourth-order valence-electron chi connectivity index (χ4n) is 2.68. The first-order valence-corrected chi connectivity index (χ1v) is 7.64. The van der Waals surface area contributed by atoms with Gasteiger partial charge in [-0.1, -0.05) is 18.2 Å². The maximum atomic E-state index is 11.0. The molecule has 1 heterocycles. The topological polar surface area (TPSA) is 90.4 Å². The number of aliphatic hydroxyl groups is 1. The largest absolute Gasteiger partial charge is 0.496 e. The van der Waals surface area contributed by atoms with E-state index in [1.807, 2.05) is 28.8 Å². The second kappa shape index (κ2) is 7.14. The molecule has 1 N–H and O–H groups in total. The van der Waals surface area contributed by atoms with Gasteiger partial charge in [0.25, 0.3) is 5.69 Å². The van der Waals surface area contributed by atoms with Gasteiger partial charge in [-0.25, -0.2) is 4.98 Å². The lowest BCUT2D eigenvalue weighted by atomic mass is 10.0. The van der Waals surface area contributed by atoms with Crippen molar-refractivity contribution in [3.8, 4) is 16.9 Å². The smallest absolute Gasteiger partial charge is 0.270 e. The molecule has 0 aliphatic carbocycles. The van der Waals surface area contributed by atoms with Crippen LogP contribution in [0.2, 0.25) is 0 Å². The van der Waals surface area contributed by atoms with Crippen LogP contribution >= 0.6 is 0 Å². The van der Waals surface area contributed by atoms with E-state index in [4.69, 9.17) is 4.74 Å². The van der Waals surface area contributed by atoms with Crippen LogP contribution in [0.25, 0.3) is 11.1 Å². The van der Waals surface area contributed by atoms with Crippen LogP contribution < -0.4 is 4.74 Å². The fourth-order valence-corrected chi connectivity index (χ4v) is 2.68. The third-order valence-electron chi connectivity index (χ3n) is 3.95. The average Bonchev–Trinajstić information content (AvgIpc) is 3.09. The van der Waals surface area contributed by atoms with Crippen molar-refractivity contribution in [1.82, 2.24) is 9.55 Å². The Hall–Kier alpha value is -3.19. The first-order valence-electron chi connectivity index (χ1n) is 7.64. The van der Waals surface area contributed by atoms with E-state index in [9.17, 15) is 15.2 Å². The minimum absolute atomic E-state index is 0.0298. The maximum absolute atomic E-state index is 11.0. The molecule has 3 aromatic rings. The molecule has 7 heteroatoms. The van der Waals surface area contributed by atoms with E-state index in [1.165, 1.54) is 12.1 Å². The summed E-state index contributed by atoms with van der Waals surface area (Å²) < 4.78 is 7.25. The average molecular weight is 339 g/mol. The molecule has 0 atom stereocenters. The number of non-ortho nitro benzene ring substituents is 1. The van der Waals surface area contributed by atoms with Crippen LogP contribution in [0.5, 0.6) is 5.75 Å². The van der Waals surface area contributed by atoms with Gasteiger partial charge in [0, 0.05) is 24.2 Å². The lowest BCUT2D eigenvalue weighted by Crippen LogP contribution is -2.03. The number of nitro benzene ring substituents is 1. The molecule has 0 aliphatic heterocycles. The molecule has 0 radical (unpaired) electrons. The summed E-state index contributed by atoms with van der Waals surface area (Å²) in [5.41, 5.74) is 3.19. The zero-order valence-corrected chi connectivity index (χ0v) is 13.6. The summed E-state index contributed by atoms with van der Waals surface area (Å²) in [4.78, 5) is 14.6. The summed E-state index contributed by atoms with van der Waals surface area (Å²) in [6, 6.07) is 12.1. The van der Waals surface area contributed by atoms with Crippen LogP contribution in [0.4, 0.5) is 5.69 Å². The predicted octanol–water partition coefficient (Wildman–Crippen LogP) is 3.01. The fraction of sp³-hybridized carbons (Fsp3) is 0.167. The van der Waals surface area contributed by atoms with E-state index in [0.717, 1.165) is 11.1 Å². The minimum atomic E-state index is -0.418. The number of hydrogen-bond acceptors (Lipinski definition) is 5. The summed E-state index contributed by atoms with van der Waals surface area (Å²) in [7, 11) is 1.57. The molecule has 2 aromatic carbocycles. The van der Waals surface area contributed by atoms with E-state index in [1.54, 1.807) is 25.7 Å². The van der Waals surface area contributed by atoms with Gasteiger partial charge in [0.1, 0.15) is 5.75 Å². The van der Waals surface area contributed by atoms with Crippen LogP contribution in [-0.2, 0) is 13.2 Å². The molecule has 1 aromatic heterocycles. The Balaban J connectivity index is 2.01. The number of nitro groups is 1. The molecular formula is C18H17N3O4. The molecule has 0 saturated carbocycles. The quantitative estimate of drug-likeness (QED) is 0.551. The number of aliphatic hydroxyl groups excluding tert-OH is 1. The van der Waals surface area contributed by atoms with Crippen molar-refractivity contribution >= 4 is 5.69 Å². The summed E-state index contributed by atoms with van der Waals surface area (Å²) in [6.07, 6.45) is 3.27. The lowest BCUT2D eigenvalue weighted by Gasteiger charge is -2.12. The first-order chi connectivity index (χ1) is 12.1.